The molecular weight excluding hydrogens is 250 g/mol. The van der Waals surface area contributed by atoms with Crippen molar-refractivity contribution >= 4 is 17.3 Å². The number of nitrogens with two attached hydrogens (primary N) is 1. The van der Waals surface area contributed by atoms with Crippen molar-refractivity contribution in [3.63, 3.8) is 0 Å². The van der Waals surface area contributed by atoms with E-state index < -0.39 is 6.10 Å². The van der Waals surface area contributed by atoms with Gasteiger partial charge in [0.1, 0.15) is 5.82 Å². The second-order valence-electron chi connectivity index (χ2n) is 4.28. The predicted molar refractivity (Wildman–Crippen MR) is 72.4 cm³/mol. The normalized spacial score (nSPS) is 12.6. The van der Waals surface area contributed by atoms with Crippen molar-refractivity contribution < 1.29 is 5.11 Å². The summed E-state index contributed by atoms with van der Waals surface area (Å²) in [5, 5.41) is 10.7. The molecule has 4 nitrogen and oxygen atoms in total. The molecule has 96 valence electrons. The zero-order valence-corrected chi connectivity index (χ0v) is 10.9. The van der Waals surface area contributed by atoms with Crippen LogP contribution in [0.15, 0.2) is 30.6 Å². The van der Waals surface area contributed by atoms with Gasteiger partial charge in [-0.05, 0) is 18.6 Å². The number of nitrogen functional groups attached to an aromatic ring is 1. The van der Waals surface area contributed by atoms with E-state index >= 15 is 0 Å². The van der Waals surface area contributed by atoms with Gasteiger partial charge < -0.3 is 15.4 Å². The molecule has 1 unspecified atom stereocenters. The van der Waals surface area contributed by atoms with Gasteiger partial charge in [0.25, 0.3) is 0 Å². The first-order valence-corrected chi connectivity index (χ1v) is 6.15. The van der Waals surface area contributed by atoms with Gasteiger partial charge >= 0.3 is 0 Å². The van der Waals surface area contributed by atoms with E-state index in [0.717, 1.165) is 5.82 Å². The molecule has 0 aliphatic rings. The summed E-state index contributed by atoms with van der Waals surface area (Å²) >= 11 is 5.83. The van der Waals surface area contributed by atoms with Gasteiger partial charge in [-0.3, -0.25) is 0 Å². The Balaban J connectivity index is 2.03. The summed E-state index contributed by atoms with van der Waals surface area (Å²) in [7, 11) is 1.94. The lowest BCUT2D eigenvalue weighted by molar-refractivity contribution is 0.167. The molecule has 0 saturated heterocycles. The van der Waals surface area contributed by atoms with Crippen LogP contribution in [-0.4, -0.2) is 14.7 Å². The number of hydrogen-bond donors (Lipinski definition) is 2. The Kier molecular flexibility index (Phi) is 3.89. The molecule has 2 rings (SSSR count). The molecule has 3 N–H and O–H groups in total. The lowest BCUT2D eigenvalue weighted by Crippen LogP contribution is -2.06. The molecule has 1 atom stereocenters. The lowest BCUT2D eigenvalue weighted by Gasteiger charge is -2.13. The summed E-state index contributed by atoms with van der Waals surface area (Å²) in [5.41, 5.74) is 7.08. The third-order valence-electron chi connectivity index (χ3n) is 2.97. The summed E-state index contributed by atoms with van der Waals surface area (Å²) < 4.78 is 1.94. The number of nitrogens with zero attached hydrogens (tertiary/aromatic N) is 2. The highest BCUT2D eigenvalue weighted by Gasteiger charge is 2.12. The average Bonchev–Trinajstić information content (AvgIpc) is 2.72. The maximum Gasteiger partial charge on any atom is 0.108 e. The third kappa shape index (κ3) is 2.83. The summed E-state index contributed by atoms with van der Waals surface area (Å²) in [5.74, 6) is 0.946. The van der Waals surface area contributed by atoms with Gasteiger partial charge in [0.05, 0.1) is 6.10 Å². The molecule has 0 amide bonds. The smallest absolute Gasteiger partial charge is 0.108 e. The standard InChI is InChI=1S/C13H16ClN3O/c1-17-7-6-16-13(17)5-4-12(18)10-3-2-9(14)8-11(10)15/h2-3,6-8,12,18H,4-5,15H2,1H3. The van der Waals surface area contributed by atoms with Crippen molar-refractivity contribution in [2.45, 2.75) is 18.9 Å². The van der Waals surface area contributed by atoms with Crippen molar-refractivity contribution in [3.8, 4) is 0 Å². The second kappa shape index (κ2) is 5.42. The molecule has 5 heteroatoms. The van der Waals surface area contributed by atoms with Crippen LogP contribution in [0.25, 0.3) is 0 Å². The topological polar surface area (TPSA) is 64.1 Å². The number of aromatic nitrogens is 2. The Labute approximate surface area is 111 Å². The molecule has 0 spiro atoms. The predicted octanol–water partition coefficient (Wildman–Crippen LogP) is 2.32. The molecule has 0 aliphatic carbocycles. The highest BCUT2D eigenvalue weighted by Crippen LogP contribution is 2.26. The second-order valence-corrected chi connectivity index (χ2v) is 4.72. The fourth-order valence-corrected chi connectivity index (χ4v) is 2.09. The Morgan fingerprint density at radius 1 is 1.50 bits per heavy atom. The first-order chi connectivity index (χ1) is 8.58. The maximum atomic E-state index is 10.1. The van der Waals surface area contributed by atoms with E-state index in [4.69, 9.17) is 17.3 Å². The minimum Gasteiger partial charge on any atom is -0.398 e. The van der Waals surface area contributed by atoms with Crippen LogP contribution in [0.1, 0.15) is 23.9 Å². The van der Waals surface area contributed by atoms with E-state index in [0.29, 0.717) is 29.1 Å². The fourth-order valence-electron chi connectivity index (χ4n) is 1.91. The van der Waals surface area contributed by atoms with Gasteiger partial charge in [0.2, 0.25) is 0 Å². The number of aliphatic hydroxyl groups is 1. The van der Waals surface area contributed by atoms with Crippen LogP contribution in [0.4, 0.5) is 5.69 Å². The molecule has 2 aromatic rings. The van der Waals surface area contributed by atoms with Gasteiger partial charge in [-0.2, -0.15) is 0 Å². The van der Waals surface area contributed by atoms with Gasteiger partial charge in [-0.25, -0.2) is 4.98 Å². The molecule has 0 fully saturated rings. The summed E-state index contributed by atoms with van der Waals surface area (Å²) in [6, 6.07) is 5.15. The van der Waals surface area contributed by atoms with Gasteiger partial charge in [-0.1, -0.05) is 17.7 Å². The number of halogens is 1. The first kappa shape index (κ1) is 12.9. The van der Waals surface area contributed by atoms with Crippen LogP contribution in [0.2, 0.25) is 5.02 Å². The van der Waals surface area contributed by atoms with Gasteiger partial charge in [0.15, 0.2) is 0 Å². The summed E-state index contributed by atoms with van der Waals surface area (Å²) in [6.45, 7) is 0. The minimum atomic E-state index is -0.598. The quantitative estimate of drug-likeness (QED) is 0.834. The van der Waals surface area contributed by atoms with Crippen LogP contribution < -0.4 is 5.73 Å². The van der Waals surface area contributed by atoms with E-state index in [1.807, 2.05) is 17.8 Å². The lowest BCUT2D eigenvalue weighted by atomic mass is 10.0. The highest BCUT2D eigenvalue weighted by atomic mass is 35.5. The van der Waals surface area contributed by atoms with Crippen LogP contribution in [-0.2, 0) is 13.5 Å². The molecule has 0 saturated carbocycles. The maximum absolute atomic E-state index is 10.1. The van der Waals surface area contributed by atoms with Crippen LogP contribution >= 0.6 is 11.6 Å². The van der Waals surface area contributed by atoms with Crippen molar-refractivity contribution in [1.29, 1.82) is 0 Å². The van der Waals surface area contributed by atoms with Crippen LogP contribution in [0.3, 0.4) is 0 Å². The van der Waals surface area contributed by atoms with Crippen molar-refractivity contribution in [3.05, 3.63) is 47.0 Å². The number of hydrogen-bond acceptors (Lipinski definition) is 3. The largest absolute Gasteiger partial charge is 0.398 e. The molecular formula is C13H16ClN3O. The zero-order valence-electron chi connectivity index (χ0n) is 10.2. The number of anilines is 1. The number of benzene rings is 1. The van der Waals surface area contributed by atoms with Gasteiger partial charge in [0, 0.05) is 42.1 Å². The molecule has 18 heavy (non-hydrogen) atoms. The number of aryl methyl sites for hydroxylation is 2. The highest BCUT2D eigenvalue weighted by molar-refractivity contribution is 6.30. The van der Waals surface area contributed by atoms with E-state index in [9.17, 15) is 5.11 Å². The monoisotopic (exact) mass is 265 g/mol. The van der Waals surface area contributed by atoms with Crippen molar-refractivity contribution in [1.82, 2.24) is 9.55 Å². The first-order valence-electron chi connectivity index (χ1n) is 5.77. The number of imidazole rings is 1. The van der Waals surface area contributed by atoms with Gasteiger partial charge in [-0.15, -0.1) is 0 Å². The average molecular weight is 266 g/mol. The Morgan fingerprint density at radius 3 is 2.89 bits per heavy atom. The number of aliphatic hydroxyl groups excluding tert-OH is 1. The SMILES string of the molecule is Cn1ccnc1CCC(O)c1ccc(Cl)cc1N. The molecule has 0 aliphatic heterocycles. The minimum absolute atomic E-state index is 0.523. The van der Waals surface area contributed by atoms with Crippen LogP contribution in [0.5, 0.6) is 0 Å². The zero-order chi connectivity index (χ0) is 13.1. The summed E-state index contributed by atoms with van der Waals surface area (Å²) in [4.78, 5) is 4.22. The molecule has 0 bridgehead atoms. The van der Waals surface area contributed by atoms with Crippen LogP contribution in [0, 0.1) is 0 Å². The summed E-state index contributed by atoms with van der Waals surface area (Å²) in [6.07, 6.45) is 4.32. The van der Waals surface area contributed by atoms with E-state index in [1.165, 1.54) is 0 Å². The van der Waals surface area contributed by atoms with Crippen molar-refractivity contribution in [2.24, 2.45) is 7.05 Å². The van der Waals surface area contributed by atoms with E-state index in [1.54, 1.807) is 24.4 Å². The Hall–Kier alpha value is -1.52. The molecule has 1 aromatic heterocycles. The number of rotatable bonds is 4. The van der Waals surface area contributed by atoms with Crippen molar-refractivity contribution in [2.75, 3.05) is 5.73 Å². The Morgan fingerprint density at radius 2 is 2.28 bits per heavy atom. The fraction of sp³-hybridized carbons (Fsp3) is 0.308. The molecule has 1 aromatic carbocycles. The third-order valence-corrected chi connectivity index (χ3v) is 3.21. The van der Waals surface area contributed by atoms with E-state index in [-0.39, 0.29) is 0 Å². The van der Waals surface area contributed by atoms with E-state index in [2.05, 4.69) is 4.98 Å². The molecule has 1 heterocycles. The molecule has 0 radical (unpaired) electrons. The Bertz CT molecular complexity index is 539.